The molecule has 0 atom stereocenters. The molecule has 2 aromatic rings. The number of rotatable bonds is 3. The van der Waals surface area contributed by atoms with Gasteiger partial charge in [-0.15, -0.1) is 11.3 Å². The normalized spacial score (nSPS) is 11.0. The van der Waals surface area contributed by atoms with Gasteiger partial charge in [-0.3, -0.25) is 5.26 Å². The predicted molar refractivity (Wildman–Crippen MR) is 58.6 cm³/mol. The molecule has 1 aromatic carbocycles. The summed E-state index contributed by atoms with van der Waals surface area (Å²) in [4.78, 5) is 4.13. The Labute approximate surface area is 86.7 Å². The molecule has 0 fully saturated rings. The van der Waals surface area contributed by atoms with E-state index in [1.807, 2.05) is 6.07 Å². The molecule has 0 saturated carbocycles. The van der Waals surface area contributed by atoms with E-state index in [-0.39, 0.29) is 6.61 Å². The van der Waals surface area contributed by atoms with Gasteiger partial charge in [0, 0.05) is 4.70 Å². The molecule has 0 aliphatic carbocycles. The van der Waals surface area contributed by atoms with Crippen molar-refractivity contribution in [2.75, 3.05) is 0 Å². The minimum atomic E-state index is 0.259. The van der Waals surface area contributed by atoms with Gasteiger partial charge in [0.05, 0.1) is 0 Å². The Hall–Kier alpha value is -0.900. The summed E-state index contributed by atoms with van der Waals surface area (Å²) in [5.41, 5.74) is 2.37. The van der Waals surface area contributed by atoms with Crippen LogP contribution in [0.4, 0.5) is 0 Å². The van der Waals surface area contributed by atoms with Crippen LogP contribution in [0.2, 0.25) is 0 Å². The molecule has 0 bridgehead atoms. The predicted octanol–water partition coefficient (Wildman–Crippen LogP) is 3.45. The topological polar surface area (TPSA) is 29.5 Å². The molecule has 0 radical (unpaired) electrons. The third-order valence-electron chi connectivity index (χ3n) is 2.33. The van der Waals surface area contributed by atoms with Crippen LogP contribution in [0.15, 0.2) is 23.6 Å². The standard InChI is InChI=1S/C11H12O2S/c1-2-9-7-14-11-4-3-8(6-13-12)5-10(9)11/h3-5,7,12H,2,6H2,1H3. The van der Waals surface area contributed by atoms with E-state index >= 15 is 0 Å². The third kappa shape index (κ3) is 1.66. The first kappa shape index (κ1) is 9.65. The summed E-state index contributed by atoms with van der Waals surface area (Å²) in [6.45, 7) is 2.41. The zero-order valence-corrected chi connectivity index (χ0v) is 8.80. The van der Waals surface area contributed by atoms with Crippen molar-refractivity contribution in [2.45, 2.75) is 20.0 Å². The Morgan fingerprint density at radius 1 is 1.43 bits per heavy atom. The van der Waals surface area contributed by atoms with Gasteiger partial charge < -0.3 is 0 Å². The van der Waals surface area contributed by atoms with Crippen LogP contribution in [0.3, 0.4) is 0 Å². The molecule has 14 heavy (non-hydrogen) atoms. The smallest absolute Gasteiger partial charge is 0.107 e. The third-order valence-corrected chi connectivity index (χ3v) is 3.34. The molecule has 0 aliphatic heterocycles. The minimum absolute atomic E-state index is 0.259. The van der Waals surface area contributed by atoms with Gasteiger partial charge in [-0.1, -0.05) is 13.0 Å². The molecule has 0 amide bonds. The maximum atomic E-state index is 8.37. The molecular weight excluding hydrogens is 196 g/mol. The molecule has 0 unspecified atom stereocenters. The molecule has 2 rings (SSSR count). The molecule has 3 heteroatoms. The average molecular weight is 208 g/mol. The maximum absolute atomic E-state index is 8.37. The fourth-order valence-corrected chi connectivity index (χ4v) is 2.59. The van der Waals surface area contributed by atoms with Gasteiger partial charge >= 0.3 is 0 Å². The van der Waals surface area contributed by atoms with E-state index in [2.05, 4.69) is 29.3 Å². The Kier molecular flexibility index (Phi) is 2.82. The molecule has 1 N–H and O–H groups in total. The number of hydrogen-bond donors (Lipinski definition) is 1. The molecule has 1 heterocycles. The SMILES string of the molecule is CCc1csc2ccc(COO)cc12. The molecular formula is C11H12O2S. The fraction of sp³-hybridized carbons (Fsp3) is 0.273. The van der Waals surface area contributed by atoms with Crippen molar-refractivity contribution in [3.8, 4) is 0 Å². The summed E-state index contributed by atoms with van der Waals surface area (Å²) in [7, 11) is 0. The van der Waals surface area contributed by atoms with Gasteiger partial charge in [-0.25, -0.2) is 4.89 Å². The van der Waals surface area contributed by atoms with E-state index in [0.29, 0.717) is 0 Å². The molecule has 1 aromatic heterocycles. The highest BCUT2D eigenvalue weighted by Crippen LogP contribution is 2.27. The molecule has 0 spiro atoms. The number of fused-ring (bicyclic) bond motifs is 1. The van der Waals surface area contributed by atoms with Crippen molar-refractivity contribution in [3.05, 3.63) is 34.7 Å². The van der Waals surface area contributed by atoms with Crippen LogP contribution in [0.5, 0.6) is 0 Å². The largest absolute Gasteiger partial charge is 0.251 e. The summed E-state index contributed by atoms with van der Waals surface area (Å²) in [6.07, 6.45) is 1.05. The van der Waals surface area contributed by atoms with Crippen molar-refractivity contribution in [3.63, 3.8) is 0 Å². The lowest BCUT2D eigenvalue weighted by atomic mass is 10.1. The average Bonchev–Trinajstić information content (AvgIpc) is 2.60. The van der Waals surface area contributed by atoms with Gasteiger partial charge in [-0.05, 0) is 40.4 Å². The Balaban J connectivity index is 2.50. The zero-order valence-electron chi connectivity index (χ0n) is 7.99. The summed E-state index contributed by atoms with van der Waals surface area (Å²) in [5.74, 6) is 0. The summed E-state index contributed by atoms with van der Waals surface area (Å²) in [5, 5.41) is 11.8. The second-order valence-electron chi connectivity index (χ2n) is 3.22. The minimum Gasteiger partial charge on any atom is -0.251 e. The lowest BCUT2D eigenvalue weighted by Gasteiger charge is -1.99. The lowest BCUT2D eigenvalue weighted by Crippen LogP contribution is -1.87. The van der Waals surface area contributed by atoms with Gasteiger partial charge in [0.25, 0.3) is 0 Å². The summed E-state index contributed by atoms with van der Waals surface area (Å²) < 4.78 is 1.29. The quantitative estimate of drug-likeness (QED) is 0.618. The molecule has 2 nitrogen and oxygen atoms in total. The monoisotopic (exact) mass is 208 g/mol. The van der Waals surface area contributed by atoms with Gasteiger partial charge in [0.15, 0.2) is 0 Å². The summed E-state index contributed by atoms with van der Waals surface area (Å²) >= 11 is 1.76. The number of thiophene rings is 1. The van der Waals surface area contributed by atoms with E-state index in [1.54, 1.807) is 11.3 Å². The van der Waals surface area contributed by atoms with Gasteiger partial charge in [0.1, 0.15) is 6.61 Å². The Morgan fingerprint density at radius 3 is 3.00 bits per heavy atom. The first-order valence-corrected chi connectivity index (χ1v) is 5.48. The van der Waals surface area contributed by atoms with Crippen molar-refractivity contribution in [1.29, 1.82) is 0 Å². The second kappa shape index (κ2) is 4.09. The molecule has 0 saturated heterocycles. The summed E-state index contributed by atoms with van der Waals surface area (Å²) in [6, 6.07) is 6.14. The van der Waals surface area contributed by atoms with Crippen molar-refractivity contribution < 1.29 is 10.1 Å². The van der Waals surface area contributed by atoms with E-state index in [9.17, 15) is 0 Å². The molecule has 74 valence electrons. The van der Waals surface area contributed by atoms with Crippen molar-refractivity contribution >= 4 is 21.4 Å². The lowest BCUT2D eigenvalue weighted by molar-refractivity contribution is -0.252. The molecule has 0 aliphatic rings. The zero-order chi connectivity index (χ0) is 9.97. The Morgan fingerprint density at radius 2 is 2.29 bits per heavy atom. The highest BCUT2D eigenvalue weighted by atomic mass is 32.1. The van der Waals surface area contributed by atoms with Crippen LogP contribution in [0.25, 0.3) is 10.1 Å². The first-order valence-electron chi connectivity index (χ1n) is 4.60. The number of aryl methyl sites for hydroxylation is 1. The van der Waals surface area contributed by atoms with Crippen molar-refractivity contribution in [2.24, 2.45) is 0 Å². The van der Waals surface area contributed by atoms with Crippen LogP contribution >= 0.6 is 11.3 Å². The van der Waals surface area contributed by atoms with Crippen LogP contribution in [0, 0.1) is 0 Å². The second-order valence-corrected chi connectivity index (χ2v) is 4.13. The van der Waals surface area contributed by atoms with Crippen LogP contribution in [-0.4, -0.2) is 5.26 Å². The maximum Gasteiger partial charge on any atom is 0.107 e. The van der Waals surface area contributed by atoms with E-state index < -0.39 is 0 Å². The highest BCUT2D eigenvalue weighted by Gasteiger charge is 2.03. The van der Waals surface area contributed by atoms with Crippen molar-refractivity contribution in [1.82, 2.24) is 0 Å². The Bertz CT molecular complexity index is 434. The van der Waals surface area contributed by atoms with Gasteiger partial charge in [-0.2, -0.15) is 0 Å². The number of benzene rings is 1. The van der Waals surface area contributed by atoms with Gasteiger partial charge in [0.2, 0.25) is 0 Å². The number of hydrogen-bond acceptors (Lipinski definition) is 3. The van der Waals surface area contributed by atoms with Crippen LogP contribution in [-0.2, 0) is 17.9 Å². The van der Waals surface area contributed by atoms with E-state index in [4.69, 9.17) is 5.26 Å². The first-order chi connectivity index (χ1) is 6.85. The van der Waals surface area contributed by atoms with E-state index in [0.717, 1.165) is 12.0 Å². The van der Waals surface area contributed by atoms with Crippen LogP contribution in [0.1, 0.15) is 18.1 Å². The fourth-order valence-electron chi connectivity index (χ4n) is 1.57. The van der Waals surface area contributed by atoms with Crippen LogP contribution < -0.4 is 0 Å². The highest BCUT2D eigenvalue weighted by molar-refractivity contribution is 7.17. The van der Waals surface area contributed by atoms with E-state index in [1.165, 1.54) is 15.6 Å².